The van der Waals surface area contributed by atoms with E-state index in [1.807, 2.05) is 6.92 Å². The quantitative estimate of drug-likeness (QED) is 0.587. The highest BCUT2D eigenvalue weighted by Gasteiger charge is 2.01. The van der Waals surface area contributed by atoms with Crippen molar-refractivity contribution in [3.05, 3.63) is 45.1 Å². The largest absolute Gasteiger partial charge is 0.492 e. The van der Waals surface area contributed by atoms with Crippen molar-refractivity contribution in [2.24, 2.45) is 0 Å². The minimum absolute atomic E-state index is 0.447. The van der Waals surface area contributed by atoms with Crippen molar-refractivity contribution in [3.63, 3.8) is 0 Å². The van der Waals surface area contributed by atoms with E-state index in [1.165, 1.54) is 6.08 Å². The normalized spacial score (nSPS) is 10.5. The van der Waals surface area contributed by atoms with Gasteiger partial charge in [-0.3, -0.25) is 10.1 Å². The van der Waals surface area contributed by atoms with Gasteiger partial charge in [0.15, 0.2) is 0 Å². The van der Waals surface area contributed by atoms with E-state index in [4.69, 9.17) is 16.3 Å². The first kappa shape index (κ1) is 11.5. The second kappa shape index (κ2) is 5.36. The van der Waals surface area contributed by atoms with E-state index in [-0.39, 0.29) is 0 Å². The summed E-state index contributed by atoms with van der Waals surface area (Å²) in [5.74, 6) is 0.581. The topological polar surface area (TPSA) is 52.4 Å². The highest BCUT2D eigenvalue weighted by atomic mass is 35.5. The molecule has 0 aromatic heterocycles. The Morgan fingerprint density at radius 1 is 1.60 bits per heavy atom. The van der Waals surface area contributed by atoms with Gasteiger partial charge in [-0.2, -0.15) is 0 Å². The van der Waals surface area contributed by atoms with E-state index in [9.17, 15) is 10.1 Å². The van der Waals surface area contributed by atoms with Gasteiger partial charge in [0.2, 0.25) is 6.20 Å². The molecule has 0 bridgehead atoms. The fourth-order valence-corrected chi connectivity index (χ4v) is 1.28. The van der Waals surface area contributed by atoms with Gasteiger partial charge in [0, 0.05) is 6.08 Å². The van der Waals surface area contributed by atoms with Crippen molar-refractivity contribution in [2.45, 2.75) is 6.92 Å². The van der Waals surface area contributed by atoms with E-state index in [0.717, 1.165) is 6.20 Å². The predicted octanol–water partition coefficient (Wildman–Crippen LogP) is 2.99. The van der Waals surface area contributed by atoms with Gasteiger partial charge < -0.3 is 4.74 Å². The summed E-state index contributed by atoms with van der Waals surface area (Å²) in [7, 11) is 0. The molecule has 0 unspecified atom stereocenters. The summed E-state index contributed by atoms with van der Waals surface area (Å²) < 4.78 is 5.23. The summed E-state index contributed by atoms with van der Waals surface area (Å²) in [6.07, 6.45) is 2.24. The molecule has 4 nitrogen and oxygen atoms in total. The Morgan fingerprint density at radius 2 is 2.33 bits per heavy atom. The van der Waals surface area contributed by atoms with Gasteiger partial charge in [-0.1, -0.05) is 17.7 Å². The van der Waals surface area contributed by atoms with Gasteiger partial charge >= 0.3 is 0 Å². The third kappa shape index (κ3) is 3.59. The molecule has 0 aliphatic carbocycles. The summed E-state index contributed by atoms with van der Waals surface area (Å²) in [4.78, 5) is 9.56. The van der Waals surface area contributed by atoms with Gasteiger partial charge in [-0.15, -0.1) is 0 Å². The average Bonchev–Trinajstić information content (AvgIpc) is 2.19. The third-order valence-corrected chi connectivity index (χ3v) is 1.94. The molecule has 0 fully saturated rings. The minimum atomic E-state index is -0.523. The van der Waals surface area contributed by atoms with Crippen LogP contribution in [0.4, 0.5) is 0 Å². The Morgan fingerprint density at radius 3 is 2.87 bits per heavy atom. The molecule has 0 aliphatic heterocycles. The van der Waals surface area contributed by atoms with Gasteiger partial charge in [0.05, 0.1) is 16.6 Å². The first-order valence-corrected chi connectivity index (χ1v) is 4.75. The maximum Gasteiger partial charge on any atom is 0.235 e. The first-order valence-electron chi connectivity index (χ1n) is 4.37. The third-order valence-electron chi connectivity index (χ3n) is 1.64. The monoisotopic (exact) mass is 227 g/mol. The lowest BCUT2D eigenvalue weighted by Crippen LogP contribution is -1.92. The van der Waals surface area contributed by atoms with Crippen LogP contribution in [-0.2, 0) is 0 Å². The molecule has 0 radical (unpaired) electrons. The Labute approximate surface area is 92.3 Å². The highest BCUT2D eigenvalue weighted by molar-refractivity contribution is 6.32. The minimum Gasteiger partial charge on any atom is -0.492 e. The summed E-state index contributed by atoms with van der Waals surface area (Å²) in [6.45, 7) is 2.39. The number of ether oxygens (including phenoxy) is 1. The Balaban J connectivity index is 2.86. The van der Waals surface area contributed by atoms with Crippen molar-refractivity contribution < 1.29 is 9.66 Å². The van der Waals surface area contributed by atoms with Crippen LogP contribution in [0.25, 0.3) is 6.08 Å². The van der Waals surface area contributed by atoms with Gasteiger partial charge in [-0.05, 0) is 24.6 Å². The summed E-state index contributed by atoms with van der Waals surface area (Å²) >= 11 is 5.89. The number of nitro groups is 1. The van der Waals surface area contributed by atoms with Crippen molar-refractivity contribution in [1.82, 2.24) is 0 Å². The number of nitrogens with zero attached hydrogens (tertiary/aromatic N) is 1. The second-order valence-electron chi connectivity index (χ2n) is 2.72. The molecule has 0 spiro atoms. The van der Waals surface area contributed by atoms with Crippen LogP contribution in [-0.4, -0.2) is 11.5 Å². The smallest absolute Gasteiger partial charge is 0.235 e. The van der Waals surface area contributed by atoms with Crippen LogP contribution in [0.5, 0.6) is 5.75 Å². The summed E-state index contributed by atoms with van der Waals surface area (Å²) in [5, 5.41) is 10.5. The SMILES string of the molecule is CCOc1ccc(/C=C/[N+](=O)[O-])cc1Cl. The van der Waals surface area contributed by atoms with E-state index >= 15 is 0 Å². The predicted molar refractivity (Wildman–Crippen MR) is 58.6 cm³/mol. The Hall–Kier alpha value is -1.55. The van der Waals surface area contributed by atoms with Crippen molar-refractivity contribution in [1.29, 1.82) is 0 Å². The molecule has 1 aromatic rings. The van der Waals surface area contributed by atoms with Crippen molar-refractivity contribution in [2.75, 3.05) is 6.61 Å². The molecule has 5 heteroatoms. The number of hydrogen-bond donors (Lipinski definition) is 0. The van der Waals surface area contributed by atoms with Crippen LogP contribution in [0.3, 0.4) is 0 Å². The molecule has 0 saturated heterocycles. The lowest BCUT2D eigenvalue weighted by Gasteiger charge is -2.05. The molecule has 0 amide bonds. The highest BCUT2D eigenvalue weighted by Crippen LogP contribution is 2.25. The van der Waals surface area contributed by atoms with Gasteiger partial charge in [-0.25, -0.2) is 0 Å². The Bertz CT molecular complexity index is 390. The summed E-state index contributed by atoms with van der Waals surface area (Å²) in [6, 6.07) is 5.01. The average molecular weight is 228 g/mol. The molecule has 1 aromatic carbocycles. The van der Waals surface area contributed by atoms with Crippen LogP contribution in [0.15, 0.2) is 24.4 Å². The molecular formula is C10H10ClNO3. The molecule has 80 valence electrons. The van der Waals surface area contributed by atoms with E-state index in [2.05, 4.69) is 0 Å². The zero-order valence-corrected chi connectivity index (χ0v) is 8.90. The number of hydrogen-bond acceptors (Lipinski definition) is 3. The Kier molecular flexibility index (Phi) is 4.12. The standard InChI is InChI=1S/C10H10ClNO3/c1-2-15-10-4-3-8(7-9(10)11)5-6-12(13)14/h3-7H,2H2,1H3/b6-5+. The fourth-order valence-electron chi connectivity index (χ4n) is 1.04. The first-order chi connectivity index (χ1) is 7.13. The molecule has 1 rings (SSSR count). The van der Waals surface area contributed by atoms with Crippen LogP contribution in [0.1, 0.15) is 12.5 Å². The fraction of sp³-hybridized carbons (Fsp3) is 0.200. The number of rotatable bonds is 4. The zero-order chi connectivity index (χ0) is 11.3. The molecule has 15 heavy (non-hydrogen) atoms. The number of benzene rings is 1. The van der Waals surface area contributed by atoms with E-state index < -0.39 is 4.92 Å². The van der Waals surface area contributed by atoms with Crippen LogP contribution in [0, 0.1) is 10.1 Å². The maximum absolute atomic E-state index is 10.1. The van der Waals surface area contributed by atoms with E-state index in [1.54, 1.807) is 18.2 Å². The van der Waals surface area contributed by atoms with Crippen LogP contribution in [0.2, 0.25) is 5.02 Å². The molecule has 0 aliphatic rings. The molecule has 0 N–H and O–H groups in total. The second-order valence-corrected chi connectivity index (χ2v) is 3.13. The molecule has 0 heterocycles. The van der Waals surface area contributed by atoms with Gasteiger partial charge in [0.25, 0.3) is 0 Å². The van der Waals surface area contributed by atoms with E-state index in [0.29, 0.717) is 22.9 Å². The number of halogens is 1. The molecule has 0 atom stereocenters. The van der Waals surface area contributed by atoms with Crippen molar-refractivity contribution >= 4 is 17.7 Å². The van der Waals surface area contributed by atoms with Crippen LogP contribution >= 0.6 is 11.6 Å². The van der Waals surface area contributed by atoms with Crippen LogP contribution < -0.4 is 4.74 Å². The lowest BCUT2D eigenvalue weighted by atomic mass is 10.2. The van der Waals surface area contributed by atoms with Gasteiger partial charge in [0.1, 0.15) is 5.75 Å². The maximum atomic E-state index is 10.1. The zero-order valence-electron chi connectivity index (χ0n) is 8.14. The molecule has 0 saturated carbocycles. The summed E-state index contributed by atoms with van der Waals surface area (Å²) in [5.41, 5.74) is 0.667. The lowest BCUT2D eigenvalue weighted by molar-refractivity contribution is -0.400. The van der Waals surface area contributed by atoms with Crippen molar-refractivity contribution in [3.8, 4) is 5.75 Å². The molecular weight excluding hydrogens is 218 g/mol.